The second kappa shape index (κ2) is 6.22. The van der Waals surface area contributed by atoms with E-state index in [0.29, 0.717) is 34.4 Å². The van der Waals surface area contributed by atoms with Gasteiger partial charge in [-0.15, -0.1) is 5.10 Å². The van der Waals surface area contributed by atoms with Crippen LogP contribution in [0.1, 0.15) is 18.5 Å². The van der Waals surface area contributed by atoms with E-state index >= 15 is 0 Å². The molecule has 0 unspecified atom stereocenters. The first-order valence-corrected chi connectivity index (χ1v) is 10.9. The molecule has 0 aliphatic heterocycles. The van der Waals surface area contributed by atoms with E-state index < -0.39 is 10.0 Å². The Labute approximate surface area is 166 Å². The number of nitriles is 1. The molecule has 0 saturated heterocycles. The summed E-state index contributed by atoms with van der Waals surface area (Å²) in [6.07, 6.45) is 6.40. The molecule has 2 N–H and O–H groups in total. The van der Waals surface area contributed by atoms with E-state index in [-0.39, 0.29) is 0 Å². The zero-order valence-corrected chi connectivity index (χ0v) is 16.3. The fourth-order valence-corrected chi connectivity index (χ4v) is 4.08. The highest BCUT2D eigenvalue weighted by molar-refractivity contribution is 7.89. The number of hydrogen-bond acceptors (Lipinski definition) is 7. The fraction of sp³-hybridized carbons (Fsp3) is 0.211. The summed E-state index contributed by atoms with van der Waals surface area (Å²) in [7, 11) is -3.40. The molecular weight excluding hydrogens is 390 g/mol. The van der Waals surface area contributed by atoms with Crippen LogP contribution in [0.25, 0.3) is 16.6 Å². The highest BCUT2D eigenvalue weighted by Crippen LogP contribution is 2.30. The standard InChI is InChI=1S/C19H17N7O2S/c1-29(27,28)25-7-6-12-2-3-14(8-17(12)25)23-18-9-16(22-13-4-5-13)19-21-11-15(10-20)26(19)24-18/h2-3,6-9,11,13,22H,4-5H2,1H3,(H,23,24). The van der Waals surface area contributed by atoms with Gasteiger partial charge in [0.1, 0.15) is 6.07 Å². The van der Waals surface area contributed by atoms with Crippen molar-refractivity contribution in [1.82, 2.24) is 18.6 Å². The van der Waals surface area contributed by atoms with Crippen LogP contribution in [0.3, 0.4) is 0 Å². The molecule has 0 radical (unpaired) electrons. The molecule has 3 heterocycles. The van der Waals surface area contributed by atoms with E-state index in [1.165, 1.54) is 27.1 Å². The van der Waals surface area contributed by atoms with Crippen LogP contribution in [0.2, 0.25) is 0 Å². The molecule has 1 aliphatic rings. The number of anilines is 3. The molecular formula is C19H17N7O2S. The quantitative estimate of drug-likeness (QED) is 0.522. The van der Waals surface area contributed by atoms with Gasteiger partial charge < -0.3 is 10.6 Å². The van der Waals surface area contributed by atoms with Gasteiger partial charge in [0.15, 0.2) is 17.2 Å². The van der Waals surface area contributed by atoms with Crippen LogP contribution in [0.5, 0.6) is 0 Å². The van der Waals surface area contributed by atoms with E-state index in [1.807, 2.05) is 18.2 Å². The van der Waals surface area contributed by atoms with Gasteiger partial charge >= 0.3 is 0 Å². The number of nitrogens with zero attached hydrogens (tertiary/aromatic N) is 5. The maximum atomic E-state index is 12.0. The Morgan fingerprint density at radius 1 is 1.24 bits per heavy atom. The Balaban J connectivity index is 1.58. The third kappa shape index (κ3) is 3.15. The van der Waals surface area contributed by atoms with Crippen molar-refractivity contribution < 1.29 is 8.42 Å². The van der Waals surface area contributed by atoms with Crippen molar-refractivity contribution in [2.75, 3.05) is 16.9 Å². The second-order valence-corrected chi connectivity index (χ2v) is 8.99. The first kappa shape index (κ1) is 17.5. The van der Waals surface area contributed by atoms with Gasteiger partial charge in [0.25, 0.3) is 0 Å². The summed E-state index contributed by atoms with van der Waals surface area (Å²) in [6.45, 7) is 0. The monoisotopic (exact) mass is 407 g/mol. The number of nitrogens with one attached hydrogen (secondary N) is 2. The van der Waals surface area contributed by atoms with Crippen molar-refractivity contribution in [2.24, 2.45) is 0 Å². The molecule has 0 atom stereocenters. The van der Waals surface area contributed by atoms with Crippen LogP contribution in [0, 0.1) is 11.3 Å². The van der Waals surface area contributed by atoms with Gasteiger partial charge in [-0.2, -0.15) is 9.78 Å². The first-order chi connectivity index (χ1) is 13.9. The van der Waals surface area contributed by atoms with Crippen molar-refractivity contribution in [3.63, 3.8) is 0 Å². The summed E-state index contributed by atoms with van der Waals surface area (Å²) < 4.78 is 26.7. The van der Waals surface area contributed by atoms with Crippen molar-refractivity contribution >= 4 is 43.8 Å². The third-order valence-corrected chi connectivity index (χ3v) is 5.84. The van der Waals surface area contributed by atoms with Gasteiger partial charge in [-0.05, 0) is 31.0 Å². The minimum atomic E-state index is -3.40. The Hall–Kier alpha value is -3.58. The maximum absolute atomic E-state index is 12.0. The van der Waals surface area contributed by atoms with Gasteiger partial charge in [-0.1, -0.05) is 6.07 Å². The maximum Gasteiger partial charge on any atom is 0.236 e. The lowest BCUT2D eigenvalue weighted by Gasteiger charge is -2.11. The second-order valence-electron chi connectivity index (χ2n) is 7.13. The minimum absolute atomic E-state index is 0.337. The summed E-state index contributed by atoms with van der Waals surface area (Å²) in [4.78, 5) is 4.31. The Morgan fingerprint density at radius 3 is 2.79 bits per heavy atom. The summed E-state index contributed by atoms with van der Waals surface area (Å²) in [5.74, 6) is 0.520. The molecule has 146 valence electrons. The predicted molar refractivity (Wildman–Crippen MR) is 110 cm³/mol. The van der Waals surface area contributed by atoms with Crippen molar-refractivity contribution in [3.05, 3.63) is 48.4 Å². The largest absolute Gasteiger partial charge is 0.379 e. The highest BCUT2D eigenvalue weighted by atomic mass is 32.2. The molecule has 9 nitrogen and oxygen atoms in total. The third-order valence-electron chi connectivity index (χ3n) is 4.81. The van der Waals surface area contributed by atoms with Crippen LogP contribution in [-0.2, 0) is 10.0 Å². The lowest BCUT2D eigenvalue weighted by Crippen LogP contribution is -2.09. The minimum Gasteiger partial charge on any atom is -0.379 e. The normalized spacial score (nSPS) is 14.2. The van der Waals surface area contributed by atoms with Gasteiger partial charge in [0, 0.05) is 29.4 Å². The average Bonchev–Trinajstić information content (AvgIpc) is 3.22. The lowest BCUT2D eigenvalue weighted by molar-refractivity contribution is 0.595. The molecule has 5 rings (SSSR count). The zero-order chi connectivity index (χ0) is 20.2. The van der Waals surface area contributed by atoms with E-state index in [4.69, 9.17) is 0 Å². The molecule has 1 fully saturated rings. The zero-order valence-electron chi connectivity index (χ0n) is 15.5. The SMILES string of the molecule is CS(=O)(=O)n1ccc2ccc(Nc3cc(NC4CC4)c4ncc(C#N)n4n3)cc21. The average molecular weight is 407 g/mol. The van der Waals surface area contributed by atoms with E-state index in [2.05, 4.69) is 26.8 Å². The van der Waals surface area contributed by atoms with E-state index in [9.17, 15) is 13.7 Å². The summed E-state index contributed by atoms with van der Waals surface area (Å²) in [5, 5.41) is 21.3. The summed E-state index contributed by atoms with van der Waals surface area (Å²) >= 11 is 0. The van der Waals surface area contributed by atoms with Gasteiger partial charge in [-0.3, -0.25) is 0 Å². The summed E-state index contributed by atoms with van der Waals surface area (Å²) in [6, 6.07) is 11.6. The highest BCUT2D eigenvalue weighted by Gasteiger charge is 2.23. The number of aromatic nitrogens is 4. The molecule has 1 aromatic carbocycles. The number of imidazole rings is 1. The molecule has 29 heavy (non-hydrogen) atoms. The molecule has 4 aromatic rings. The number of rotatable bonds is 5. The molecule has 0 bridgehead atoms. The number of benzene rings is 1. The fourth-order valence-electron chi connectivity index (χ4n) is 3.28. The Kier molecular flexibility index (Phi) is 3.75. The van der Waals surface area contributed by atoms with Crippen LogP contribution in [0.15, 0.2) is 42.7 Å². The molecule has 1 aliphatic carbocycles. The van der Waals surface area contributed by atoms with Gasteiger partial charge in [0.05, 0.1) is 23.7 Å². The van der Waals surface area contributed by atoms with Crippen LogP contribution in [-0.4, -0.2) is 39.3 Å². The Bertz CT molecular complexity index is 1410. The van der Waals surface area contributed by atoms with Crippen LogP contribution < -0.4 is 10.6 Å². The number of fused-ring (bicyclic) bond motifs is 2. The lowest BCUT2D eigenvalue weighted by atomic mass is 10.2. The van der Waals surface area contributed by atoms with Gasteiger partial charge in [0.2, 0.25) is 10.0 Å². The molecule has 3 aromatic heterocycles. The Morgan fingerprint density at radius 2 is 2.07 bits per heavy atom. The number of hydrogen-bond donors (Lipinski definition) is 2. The first-order valence-electron chi connectivity index (χ1n) is 9.06. The topological polar surface area (TPSA) is 117 Å². The van der Waals surface area contributed by atoms with Crippen LogP contribution >= 0.6 is 0 Å². The molecule has 0 amide bonds. The predicted octanol–water partition coefficient (Wildman–Crippen LogP) is 2.68. The smallest absolute Gasteiger partial charge is 0.236 e. The molecule has 1 saturated carbocycles. The van der Waals surface area contributed by atoms with E-state index in [0.717, 1.165) is 23.9 Å². The summed E-state index contributed by atoms with van der Waals surface area (Å²) in [5.41, 5.74) is 3.00. The molecule has 0 spiro atoms. The van der Waals surface area contributed by atoms with Crippen molar-refractivity contribution in [1.29, 1.82) is 5.26 Å². The van der Waals surface area contributed by atoms with Crippen molar-refractivity contribution in [2.45, 2.75) is 18.9 Å². The molecule has 10 heteroatoms. The van der Waals surface area contributed by atoms with Crippen molar-refractivity contribution in [3.8, 4) is 6.07 Å². The van der Waals surface area contributed by atoms with Gasteiger partial charge in [-0.25, -0.2) is 17.4 Å². The van der Waals surface area contributed by atoms with E-state index in [1.54, 1.807) is 12.1 Å². The van der Waals surface area contributed by atoms with Crippen LogP contribution in [0.4, 0.5) is 17.2 Å².